The quantitative estimate of drug-likeness (QED) is 0.140. The highest BCUT2D eigenvalue weighted by atomic mass is 32.1. The molecular weight excluding hydrogens is 577 g/mol. The highest BCUT2D eigenvalue weighted by Gasteiger charge is 2.30. The predicted octanol–water partition coefficient (Wildman–Crippen LogP) is 10.7. The Morgan fingerprint density at radius 1 is 0.500 bits per heavy atom. The number of thiophene rings is 4. The molecule has 0 aromatic carbocycles. The summed E-state index contributed by atoms with van der Waals surface area (Å²) >= 11 is 7.37. The van der Waals surface area contributed by atoms with Crippen LogP contribution >= 0.6 is 45.3 Å². The second-order valence-electron chi connectivity index (χ2n) is 10.4. The molecule has 0 aliphatic carbocycles. The summed E-state index contributed by atoms with van der Waals surface area (Å²) in [6.07, 6.45) is 12.4. The zero-order chi connectivity index (χ0) is 27.3. The molecule has 0 fully saturated rings. The predicted molar refractivity (Wildman–Crippen MR) is 172 cm³/mol. The van der Waals surface area contributed by atoms with E-state index >= 15 is 0 Å². The highest BCUT2D eigenvalue weighted by molar-refractivity contribution is 7.29. The lowest BCUT2D eigenvalue weighted by molar-refractivity contribution is 0.172. The number of rotatable bonds is 13. The first-order valence-electron chi connectivity index (χ1n) is 14.8. The van der Waals surface area contributed by atoms with Crippen molar-refractivity contribution in [3.63, 3.8) is 0 Å². The molecule has 0 amide bonds. The number of fused-ring (bicyclic) bond motifs is 2. The molecule has 4 aromatic heterocycles. The van der Waals surface area contributed by atoms with Gasteiger partial charge in [-0.3, -0.25) is 0 Å². The second-order valence-corrected chi connectivity index (χ2v) is 14.8. The van der Waals surface area contributed by atoms with Crippen LogP contribution in [0.5, 0.6) is 23.0 Å². The lowest BCUT2D eigenvalue weighted by Gasteiger charge is -2.17. The summed E-state index contributed by atoms with van der Waals surface area (Å²) in [5.74, 6) is 3.74. The standard InChI is InChI=1S/C32H38O4S4/c1-3-5-7-9-11-21-13-14-23(37-21)31-28-29(36-20-19-35-28)32(40-31)25-16-15-24(38-25)30-27-26(33-17-18-34-27)22(39-30)12-10-8-6-4-2/h13-16H,3-12,17-20H2,1-2H3. The maximum absolute atomic E-state index is 6.24. The number of hydrogen-bond donors (Lipinski definition) is 0. The van der Waals surface area contributed by atoms with E-state index in [4.69, 9.17) is 18.9 Å². The Morgan fingerprint density at radius 2 is 1.00 bits per heavy atom. The summed E-state index contributed by atoms with van der Waals surface area (Å²) < 4.78 is 24.8. The number of unbranched alkanes of at least 4 members (excludes halogenated alkanes) is 6. The van der Waals surface area contributed by atoms with E-state index in [2.05, 4.69) is 38.1 Å². The maximum Gasteiger partial charge on any atom is 0.181 e. The molecule has 0 N–H and O–H groups in total. The van der Waals surface area contributed by atoms with Gasteiger partial charge in [-0.05, 0) is 49.9 Å². The molecule has 214 valence electrons. The molecule has 6 heterocycles. The van der Waals surface area contributed by atoms with Crippen molar-refractivity contribution >= 4 is 45.3 Å². The van der Waals surface area contributed by atoms with E-state index in [-0.39, 0.29) is 0 Å². The van der Waals surface area contributed by atoms with Crippen LogP contribution in [0.3, 0.4) is 0 Å². The molecule has 0 atom stereocenters. The van der Waals surface area contributed by atoms with E-state index in [1.807, 2.05) is 34.0 Å². The van der Waals surface area contributed by atoms with Gasteiger partial charge < -0.3 is 18.9 Å². The van der Waals surface area contributed by atoms with E-state index in [9.17, 15) is 0 Å². The van der Waals surface area contributed by atoms with Gasteiger partial charge in [0.25, 0.3) is 0 Å². The van der Waals surface area contributed by atoms with Crippen molar-refractivity contribution < 1.29 is 18.9 Å². The first-order chi connectivity index (χ1) is 19.8. The van der Waals surface area contributed by atoms with Crippen molar-refractivity contribution in [3.05, 3.63) is 34.0 Å². The summed E-state index contributed by atoms with van der Waals surface area (Å²) in [5.41, 5.74) is 0. The fraction of sp³-hybridized carbons (Fsp3) is 0.500. The molecule has 0 unspecified atom stereocenters. The Morgan fingerprint density at radius 3 is 1.62 bits per heavy atom. The molecule has 0 bridgehead atoms. The van der Waals surface area contributed by atoms with Crippen LogP contribution in [0.2, 0.25) is 0 Å². The van der Waals surface area contributed by atoms with Crippen molar-refractivity contribution in [2.75, 3.05) is 26.4 Å². The Labute approximate surface area is 253 Å². The van der Waals surface area contributed by atoms with E-state index < -0.39 is 0 Å². The third-order valence-corrected chi connectivity index (χ3v) is 12.5. The van der Waals surface area contributed by atoms with Crippen molar-refractivity contribution in [2.24, 2.45) is 0 Å². The summed E-state index contributed by atoms with van der Waals surface area (Å²) in [7, 11) is 0. The maximum atomic E-state index is 6.24. The average molecular weight is 615 g/mol. The van der Waals surface area contributed by atoms with E-state index in [0.717, 1.165) is 35.8 Å². The van der Waals surface area contributed by atoms with Gasteiger partial charge in [0.15, 0.2) is 23.0 Å². The van der Waals surface area contributed by atoms with Gasteiger partial charge >= 0.3 is 0 Å². The highest BCUT2D eigenvalue weighted by Crippen LogP contribution is 2.57. The molecule has 2 aliphatic rings. The SMILES string of the molecule is CCCCCCc1ccc(-c2sc(-c3ccc(-c4sc(CCCCCC)c5c4OCCO5)s3)c3c2OCCO3)s1. The first kappa shape index (κ1) is 28.1. The summed E-state index contributed by atoms with van der Waals surface area (Å²) in [5, 5.41) is 0. The van der Waals surface area contributed by atoms with Crippen LogP contribution in [0.1, 0.15) is 75.0 Å². The van der Waals surface area contributed by atoms with Gasteiger partial charge in [-0.25, -0.2) is 0 Å². The van der Waals surface area contributed by atoms with Gasteiger partial charge in [-0.2, -0.15) is 0 Å². The Kier molecular flexibility index (Phi) is 9.37. The van der Waals surface area contributed by atoms with E-state index in [0.29, 0.717) is 26.4 Å². The smallest absolute Gasteiger partial charge is 0.181 e. The molecule has 0 radical (unpaired) electrons. The van der Waals surface area contributed by atoms with Gasteiger partial charge in [-0.15, -0.1) is 45.3 Å². The molecule has 2 aliphatic heterocycles. The zero-order valence-corrected chi connectivity index (χ0v) is 26.7. The second kappa shape index (κ2) is 13.3. The van der Waals surface area contributed by atoms with Crippen LogP contribution < -0.4 is 18.9 Å². The molecule has 40 heavy (non-hydrogen) atoms. The average Bonchev–Trinajstić information content (AvgIpc) is 3.78. The summed E-state index contributed by atoms with van der Waals surface area (Å²) in [6, 6.07) is 9.04. The summed E-state index contributed by atoms with van der Waals surface area (Å²) in [6.45, 7) is 6.95. The first-order valence-corrected chi connectivity index (χ1v) is 18.1. The fourth-order valence-electron chi connectivity index (χ4n) is 5.27. The minimum atomic E-state index is 0.590. The van der Waals surface area contributed by atoms with E-state index in [1.165, 1.54) is 90.4 Å². The molecule has 0 saturated carbocycles. The largest absolute Gasteiger partial charge is 0.485 e. The van der Waals surface area contributed by atoms with Gasteiger partial charge in [0, 0.05) is 19.5 Å². The van der Waals surface area contributed by atoms with Crippen molar-refractivity contribution in [2.45, 2.75) is 78.1 Å². The third kappa shape index (κ3) is 5.96. The lowest BCUT2D eigenvalue weighted by atomic mass is 10.1. The van der Waals surface area contributed by atoms with Crippen LogP contribution in [0.25, 0.3) is 29.3 Å². The number of ether oxygens (including phenoxy) is 4. The Hall–Kier alpha value is -2.00. The molecular formula is C32H38O4S4. The van der Waals surface area contributed by atoms with Crippen LogP contribution in [-0.2, 0) is 12.8 Å². The van der Waals surface area contributed by atoms with Gasteiger partial charge in [0.05, 0.1) is 19.5 Å². The molecule has 4 aromatic rings. The minimum Gasteiger partial charge on any atom is -0.485 e. The van der Waals surface area contributed by atoms with Crippen LogP contribution in [-0.4, -0.2) is 26.4 Å². The topological polar surface area (TPSA) is 36.9 Å². The minimum absolute atomic E-state index is 0.590. The molecule has 8 heteroatoms. The van der Waals surface area contributed by atoms with Crippen molar-refractivity contribution in [3.8, 4) is 52.3 Å². The van der Waals surface area contributed by atoms with E-state index in [1.54, 1.807) is 11.3 Å². The Bertz CT molecular complexity index is 1410. The monoisotopic (exact) mass is 614 g/mol. The Balaban J connectivity index is 1.27. The fourth-order valence-corrected chi connectivity index (χ4v) is 10.1. The van der Waals surface area contributed by atoms with Crippen LogP contribution in [0.4, 0.5) is 0 Å². The lowest BCUT2D eigenvalue weighted by Crippen LogP contribution is -2.15. The zero-order valence-electron chi connectivity index (χ0n) is 23.5. The van der Waals surface area contributed by atoms with Crippen molar-refractivity contribution in [1.82, 2.24) is 0 Å². The van der Waals surface area contributed by atoms with Crippen molar-refractivity contribution in [1.29, 1.82) is 0 Å². The van der Waals surface area contributed by atoms with Gasteiger partial charge in [0.1, 0.15) is 26.4 Å². The molecule has 6 rings (SSSR count). The van der Waals surface area contributed by atoms with Crippen LogP contribution in [0.15, 0.2) is 24.3 Å². The normalized spacial score (nSPS) is 14.2. The van der Waals surface area contributed by atoms with Gasteiger partial charge in [0.2, 0.25) is 0 Å². The number of hydrogen-bond acceptors (Lipinski definition) is 8. The van der Waals surface area contributed by atoms with Crippen LogP contribution in [0, 0.1) is 0 Å². The van der Waals surface area contributed by atoms with Gasteiger partial charge in [-0.1, -0.05) is 52.4 Å². The molecule has 0 spiro atoms. The molecule has 0 saturated heterocycles. The molecule has 4 nitrogen and oxygen atoms in total. The summed E-state index contributed by atoms with van der Waals surface area (Å²) in [4.78, 5) is 10.1. The number of aryl methyl sites for hydroxylation is 2. The third-order valence-electron chi connectivity index (χ3n) is 7.34.